The molecule has 0 heterocycles. The quantitative estimate of drug-likeness (QED) is 0.810. The van der Waals surface area contributed by atoms with E-state index in [0.29, 0.717) is 0 Å². The Morgan fingerprint density at radius 1 is 1.47 bits per heavy atom. The van der Waals surface area contributed by atoms with E-state index in [2.05, 4.69) is 0 Å². The van der Waals surface area contributed by atoms with Crippen molar-refractivity contribution in [2.24, 2.45) is 0 Å². The number of carbonyl (C=O) groups excluding carboxylic acids is 1. The highest BCUT2D eigenvalue weighted by molar-refractivity contribution is 5.69. The summed E-state index contributed by atoms with van der Waals surface area (Å²) in [5, 5.41) is 9.23. The minimum absolute atomic E-state index is 0.0248. The first-order valence-corrected chi connectivity index (χ1v) is 5.30. The maximum atomic E-state index is 12.6. The number of aromatic hydroxyl groups is 1. The summed E-state index contributed by atoms with van der Waals surface area (Å²) in [4.78, 5) is 11.1. The summed E-state index contributed by atoms with van der Waals surface area (Å²) in [6, 6.07) is 3.62. The molecule has 0 spiro atoms. The van der Waals surface area contributed by atoms with Crippen molar-refractivity contribution in [1.29, 1.82) is 0 Å². The van der Waals surface area contributed by atoms with Gasteiger partial charge < -0.3 is 9.84 Å². The van der Waals surface area contributed by atoms with Crippen LogP contribution in [-0.4, -0.2) is 17.7 Å². The van der Waals surface area contributed by atoms with Crippen molar-refractivity contribution < 1.29 is 23.4 Å². The van der Waals surface area contributed by atoms with Crippen molar-refractivity contribution >= 4 is 5.97 Å². The number of alkyl halides is 2. The Labute approximate surface area is 98.0 Å². The number of benzene rings is 1. The molecule has 0 unspecified atom stereocenters. The first-order chi connectivity index (χ1) is 8.04. The largest absolute Gasteiger partial charge is 0.508 e. The summed E-state index contributed by atoms with van der Waals surface area (Å²) in [7, 11) is 0. The highest BCUT2D eigenvalue weighted by atomic mass is 19.3. The van der Waals surface area contributed by atoms with E-state index in [-0.39, 0.29) is 36.3 Å². The number of hydrogen-bond donors (Lipinski definition) is 1. The molecule has 0 aromatic heterocycles. The number of ether oxygens (including phenoxy) is 1. The number of phenols is 1. The van der Waals surface area contributed by atoms with Gasteiger partial charge in [0.1, 0.15) is 5.75 Å². The van der Waals surface area contributed by atoms with Gasteiger partial charge in [-0.2, -0.15) is 0 Å². The Hall–Kier alpha value is -1.65. The SMILES string of the molecule is CCOC(=O)CCc1cc(O)ccc1C(F)F. The third-order valence-electron chi connectivity index (χ3n) is 2.27. The number of hydrogen-bond acceptors (Lipinski definition) is 3. The van der Waals surface area contributed by atoms with Crippen LogP contribution < -0.4 is 0 Å². The Balaban J connectivity index is 2.75. The standard InChI is InChI=1S/C12H14F2O3/c1-2-17-11(16)6-3-8-7-9(15)4-5-10(8)12(13)14/h4-5,7,12,15H,2-3,6H2,1H3. The molecule has 1 N–H and O–H groups in total. The molecular formula is C12H14F2O3. The summed E-state index contributed by atoms with van der Waals surface area (Å²) < 4.78 is 30.0. The van der Waals surface area contributed by atoms with E-state index >= 15 is 0 Å². The Morgan fingerprint density at radius 3 is 2.76 bits per heavy atom. The lowest BCUT2D eigenvalue weighted by molar-refractivity contribution is -0.143. The monoisotopic (exact) mass is 244 g/mol. The number of rotatable bonds is 5. The summed E-state index contributed by atoms with van der Waals surface area (Å²) >= 11 is 0. The topological polar surface area (TPSA) is 46.5 Å². The molecule has 3 nitrogen and oxygen atoms in total. The van der Waals surface area contributed by atoms with Crippen molar-refractivity contribution in [3.8, 4) is 5.75 Å². The summed E-state index contributed by atoms with van der Waals surface area (Å²) in [5.41, 5.74) is 0.111. The van der Waals surface area contributed by atoms with E-state index in [9.17, 15) is 18.7 Å². The fraction of sp³-hybridized carbons (Fsp3) is 0.417. The van der Waals surface area contributed by atoms with E-state index in [1.807, 2.05) is 0 Å². The van der Waals surface area contributed by atoms with Gasteiger partial charge in [-0.3, -0.25) is 4.79 Å². The smallest absolute Gasteiger partial charge is 0.306 e. The number of halogens is 2. The van der Waals surface area contributed by atoms with Gasteiger partial charge in [-0.1, -0.05) is 0 Å². The number of esters is 1. The zero-order valence-electron chi connectivity index (χ0n) is 9.45. The van der Waals surface area contributed by atoms with E-state index < -0.39 is 12.4 Å². The maximum Gasteiger partial charge on any atom is 0.306 e. The predicted molar refractivity (Wildman–Crippen MR) is 58.0 cm³/mol. The molecule has 1 rings (SSSR count). The van der Waals surface area contributed by atoms with Gasteiger partial charge in [0, 0.05) is 12.0 Å². The van der Waals surface area contributed by atoms with Crippen LogP contribution in [0.5, 0.6) is 5.75 Å². The van der Waals surface area contributed by atoms with Crippen molar-refractivity contribution in [3.63, 3.8) is 0 Å². The Morgan fingerprint density at radius 2 is 2.18 bits per heavy atom. The van der Waals surface area contributed by atoms with Crippen LogP contribution in [0.1, 0.15) is 30.9 Å². The predicted octanol–water partition coefficient (Wildman–Crippen LogP) is 2.83. The van der Waals surface area contributed by atoms with Crippen LogP contribution in [0.2, 0.25) is 0 Å². The highest BCUT2D eigenvalue weighted by Gasteiger charge is 2.14. The normalized spacial score (nSPS) is 10.6. The molecule has 17 heavy (non-hydrogen) atoms. The molecule has 0 fully saturated rings. The van der Waals surface area contributed by atoms with Crippen LogP contribution in [0.3, 0.4) is 0 Å². The Bertz CT molecular complexity index is 391. The first kappa shape index (κ1) is 13.4. The fourth-order valence-corrected chi connectivity index (χ4v) is 1.49. The van der Waals surface area contributed by atoms with Gasteiger partial charge in [0.05, 0.1) is 6.61 Å². The lowest BCUT2D eigenvalue weighted by Crippen LogP contribution is -2.06. The molecule has 0 aliphatic heterocycles. The number of aryl methyl sites for hydroxylation is 1. The average molecular weight is 244 g/mol. The molecule has 0 bridgehead atoms. The van der Waals surface area contributed by atoms with Gasteiger partial charge in [0.15, 0.2) is 0 Å². The summed E-state index contributed by atoms with van der Waals surface area (Å²) in [6.45, 7) is 1.94. The summed E-state index contributed by atoms with van der Waals surface area (Å²) in [5.74, 6) is -0.524. The molecule has 0 saturated heterocycles. The van der Waals surface area contributed by atoms with Gasteiger partial charge in [-0.15, -0.1) is 0 Å². The van der Waals surface area contributed by atoms with Crippen LogP contribution in [0.4, 0.5) is 8.78 Å². The van der Waals surface area contributed by atoms with Crippen molar-refractivity contribution in [2.75, 3.05) is 6.61 Å². The second-order valence-electron chi connectivity index (χ2n) is 3.49. The molecule has 0 amide bonds. The van der Waals surface area contributed by atoms with Crippen LogP contribution in [0.15, 0.2) is 18.2 Å². The molecule has 1 aromatic rings. The van der Waals surface area contributed by atoms with E-state index in [1.165, 1.54) is 18.2 Å². The van der Waals surface area contributed by atoms with Crippen molar-refractivity contribution in [3.05, 3.63) is 29.3 Å². The zero-order chi connectivity index (χ0) is 12.8. The number of phenolic OH excluding ortho intramolecular Hbond substituents is 1. The van der Waals surface area contributed by atoms with E-state index in [4.69, 9.17) is 4.74 Å². The maximum absolute atomic E-state index is 12.6. The average Bonchev–Trinajstić information content (AvgIpc) is 2.26. The summed E-state index contributed by atoms with van der Waals surface area (Å²) in [6.07, 6.45) is -2.46. The van der Waals surface area contributed by atoms with Gasteiger partial charge >= 0.3 is 5.97 Å². The van der Waals surface area contributed by atoms with Crippen LogP contribution in [-0.2, 0) is 16.0 Å². The van der Waals surface area contributed by atoms with E-state index in [1.54, 1.807) is 6.92 Å². The van der Waals surface area contributed by atoms with Crippen LogP contribution in [0.25, 0.3) is 0 Å². The van der Waals surface area contributed by atoms with Gasteiger partial charge in [-0.05, 0) is 37.1 Å². The second kappa shape index (κ2) is 6.18. The minimum Gasteiger partial charge on any atom is -0.508 e. The van der Waals surface area contributed by atoms with Crippen LogP contribution >= 0.6 is 0 Å². The molecule has 0 atom stereocenters. The van der Waals surface area contributed by atoms with Gasteiger partial charge in [-0.25, -0.2) is 8.78 Å². The molecule has 94 valence electrons. The Kier molecular flexibility index (Phi) is 4.87. The van der Waals surface area contributed by atoms with Crippen LogP contribution in [0, 0.1) is 0 Å². The van der Waals surface area contributed by atoms with E-state index in [0.717, 1.165) is 0 Å². The van der Waals surface area contributed by atoms with Gasteiger partial charge in [0.25, 0.3) is 6.43 Å². The first-order valence-electron chi connectivity index (χ1n) is 5.30. The third kappa shape index (κ3) is 4.01. The molecule has 1 aromatic carbocycles. The minimum atomic E-state index is -2.62. The molecule has 0 saturated carbocycles. The fourth-order valence-electron chi connectivity index (χ4n) is 1.49. The molecule has 5 heteroatoms. The van der Waals surface area contributed by atoms with Gasteiger partial charge in [0.2, 0.25) is 0 Å². The molecule has 0 aliphatic carbocycles. The molecular weight excluding hydrogens is 230 g/mol. The molecule has 0 radical (unpaired) electrons. The number of carbonyl (C=O) groups is 1. The third-order valence-corrected chi connectivity index (χ3v) is 2.27. The zero-order valence-corrected chi connectivity index (χ0v) is 9.45. The lowest BCUT2D eigenvalue weighted by atomic mass is 10.0. The molecule has 0 aliphatic rings. The lowest BCUT2D eigenvalue weighted by Gasteiger charge is -2.09. The van der Waals surface area contributed by atoms with Crippen molar-refractivity contribution in [1.82, 2.24) is 0 Å². The van der Waals surface area contributed by atoms with Crippen molar-refractivity contribution in [2.45, 2.75) is 26.2 Å². The second-order valence-corrected chi connectivity index (χ2v) is 3.49. The highest BCUT2D eigenvalue weighted by Crippen LogP contribution is 2.27.